The molecule has 0 saturated heterocycles. The summed E-state index contributed by atoms with van der Waals surface area (Å²) in [6.45, 7) is 1.79. The molecular weight excluding hydrogens is 482 g/mol. The highest BCUT2D eigenvalue weighted by molar-refractivity contribution is 5.98. The van der Waals surface area contributed by atoms with Crippen molar-refractivity contribution >= 4 is 16.8 Å². The average Bonchev–Trinajstić information content (AvgIpc) is 2.90. The first-order chi connectivity index (χ1) is 18.4. The molecule has 4 nitrogen and oxygen atoms in total. The van der Waals surface area contributed by atoms with Crippen molar-refractivity contribution in [3.8, 4) is 11.3 Å². The van der Waals surface area contributed by atoms with Gasteiger partial charge in [-0.15, -0.1) is 0 Å². The van der Waals surface area contributed by atoms with Gasteiger partial charge in [0.25, 0.3) is 5.91 Å². The van der Waals surface area contributed by atoms with Crippen LogP contribution in [0.1, 0.15) is 72.1 Å². The number of fused-ring (bicyclic) bond motifs is 2. The second-order valence-electron chi connectivity index (χ2n) is 10.3. The Bertz CT molecular complexity index is 1450. The zero-order valence-electron chi connectivity index (χ0n) is 21.5. The monoisotopic (exact) mass is 514 g/mol. The molecule has 5 rings (SSSR count). The van der Waals surface area contributed by atoms with Crippen molar-refractivity contribution < 1.29 is 18.7 Å². The van der Waals surface area contributed by atoms with E-state index in [-0.39, 0.29) is 29.7 Å². The van der Waals surface area contributed by atoms with Crippen molar-refractivity contribution in [3.05, 3.63) is 101 Å². The Morgan fingerprint density at radius 3 is 2.61 bits per heavy atom. The number of unbranched alkanes of at least 4 members (excludes halogenated alkanes) is 1. The van der Waals surface area contributed by atoms with E-state index in [4.69, 9.17) is 4.98 Å². The molecule has 3 aromatic carbocycles. The molecule has 1 amide bonds. The van der Waals surface area contributed by atoms with Crippen LogP contribution in [0.5, 0.6) is 0 Å². The number of nitrogens with zero attached hydrogens (tertiary/aromatic N) is 1. The molecule has 0 radical (unpaired) electrons. The third-order valence-corrected chi connectivity index (χ3v) is 7.32. The summed E-state index contributed by atoms with van der Waals surface area (Å²) in [6, 6.07) is 18.5. The van der Waals surface area contributed by atoms with E-state index in [2.05, 4.69) is 11.4 Å². The Hall–Kier alpha value is -3.64. The van der Waals surface area contributed by atoms with Crippen LogP contribution in [0.2, 0.25) is 0 Å². The fraction of sp³-hybridized carbons (Fsp3) is 0.312. The van der Waals surface area contributed by atoms with Gasteiger partial charge in [0, 0.05) is 16.5 Å². The standard InChI is InChI=1S/C32H32F2N2O2/c1-20(37)5-2-3-6-23-17-25-18-24(11-16-29(25)35-31(23)21-9-12-26(33)13-10-21)32(38)36-30-8-4-7-22-19-27(34)14-15-28(22)30/h9-20,30,37H,2-8H2,1H3,(H,36,38)/t20?,30-/m1/s1. The summed E-state index contributed by atoms with van der Waals surface area (Å²) in [7, 11) is 0. The van der Waals surface area contributed by atoms with Gasteiger partial charge in [0.2, 0.25) is 0 Å². The summed E-state index contributed by atoms with van der Waals surface area (Å²) in [5.41, 5.74) is 5.91. The van der Waals surface area contributed by atoms with Crippen LogP contribution in [0.3, 0.4) is 0 Å². The van der Waals surface area contributed by atoms with Crippen LogP contribution in [0.25, 0.3) is 22.2 Å². The van der Waals surface area contributed by atoms with Gasteiger partial charge in [0.15, 0.2) is 0 Å². The van der Waals surface area contributed by atoms with Crippen molar-refractivity contribution in [2.45, 2.75) is 64.0 Å². The maximum Gasteiger partial charge on any atom is 0.251 e. The number of rotatable bonds is 8. The molecule has 1 unspecified atom stereocenters. The van der Waals surface area contributed by atoms with E-state index in [0.29, 0.717) is 5.56 Å². The summed E-state index contributed by atoms with van der Waals surface area (Å²) in [5.74, 6) is -0.719. The molecule has 2 atom stereocenters. The molecule has 6 heteroatoms. The third kappa shape index (κ3) is 5.91. The zero-order valence-corrected chi connectivity index (χ0v) is 21.5. The van der Waals surface area contributed by atoms with Crippen molar-refractivity contribution in [1.29, 1.82) is 0 Å². The van der Waals surface area contributed by atoms with Crippen LogP contribution in [0.4, 0.5) is 8.78 Å². The number of carbonyl (C=O) groups is 1. The Morgan fingerprint density at radius 1 is 1.03 bits per heavy atom. The summed E-state index contributed by atoms with van der Waals surface area (Å²) in [6.07, 6.45) is 5.45. The van der Waals surface area contributed by atoms with Gasteiger partial charge in [-0.25, -0.2) is 13.8 Å². The number of pyridine rings is 1. The predicted octanol–water partition coefficient (Wildman–Crippen LogP) is 7.08. The number of aryl methyl sites for hydroxylation is 2. The first-order valence-corrected chi connectivity index (χ1v) is 13.3. The molecule has 0 spiro atoms. The first kappa shape index (κ1) is 26.0. The lowest BCUT2D eigenvalue weighted by molar-refractivity contribution is 0.0933. The van der Waals surface area contributed by atoms with E-state index in [1.807, 2.05) is 12.1 Å². The number of hydrogen-bond donors (Lipinski definition) is 2. The summed E-state index contributed by atoms with van der Waals surface area (Å²) < 4.78 is 27.3. The quantitative estimate of drug-likeness (QED) is 0.247. The van der Waals surface area contributed by atoms with E-state index in [1.165, 1.54) is 18.2 Å². The van der Waals surface area contributed by atoms with Crippen molar-refractivity contribution in [2.24, 2.45) is 0 Å². The largest absolute Gasteiger partial charge is 0.393 e. The van der Waals surface area contributed by atoms with Crippen LogP contribution >= 0.6 is 0 Å². The lowest BCUT2D eigenvalue weighted by Crippen LogP contribution is -2.31. The Morgan fingerprint density at radius 2 is 1.82 bits per heavy atom. The molecule has 38 heavy (non-hydrogen) atoms. The molecule has 1 aliphatic carbocycles. The molecule has 0 saturated carbocycles. The molecule has 0 bridgehead atoms. The van der Waals surface area contributed by atoms with Gasteiger partial charge in [-0.1, -0.05) is 12.5 Å². The Labute approximate surface area is 221 Å². The van der Waals surface area contributed by atoms with Gasteiger partial charge in [-0.2, -0.15) is 0 Å². The van der Waals surface area contributed by atoms with Gasteiger partial charge in [0.1, 0.15) is 11.6 Å². The van der Waals surface area contributed by atoms with Gasteiger partial charge in [-0.3, -0.25) is 4.79 Å². The van der Waals surface area contributed by atoms with Crippen LogP contribution in [0.15, 0.2) is 66.7 Å². The van der Waals surface area contributed by atoms with Crippen LogP contribution < -0.4 is 5.32 Å². The van der Waals surface area contributed by atoms with Crippen molar-refractivity contribution in [3.63, 3.8) is 0 Å². The number of halogens is 2. The van der Waals surface area contributed by atoms with Gasteiger partial charge in [0.05, 0.1) is 23.4 Å². The molecule has 1 aliphatic rings. The number of carbonyl (C=O) groups excluding carboxylic acids is 1. The number of amides is 1. The summed E-state index contributed by atoms with van der Waals surface area (Å²) in [4.78, 5) is 18.2. The van der Waals surface area contributed by atoms with E-state index < -0.39 is 0 Å². The maximum absolute atomic E-state index is 13.7. The molecule has 4 aromatic rings. The van der Waals surface area contributed by atoms with Crippen LogP contribution in [-0.4, -0.2) is 22.1 Å². The fourth-order valence-corrected chi connectivity index (χ4v) is 5.34. The van der Waals surface area contributed by atoms with E-state index >= 15 is 0 Å². The van der Waals surface area contributed by atoms with E-state index in [1.54, 1.807) is 37.3 Å². The number of benzene rings is 3. The fourth-order valence-electron chi connectivity index (χ4n) is 5.34. The summed E-state index contributed by atoms with van der Waals surface area (Å²) in [5, 5.41) is 13.6. The van der Waals surface area contributed by atoms with Gasteiger partial charge >= 0.3 is 0 Å². The molecular formula is C32H32F2N2O2. The number of aromatic nitrogens is 1. The SMILES string of the molecule is CC(O)CCCCc1cc2cc(C(=O)N[C@@H]3CCCc4cc(F)ccc43)ccc2nc1-c1ccc(F)cc1. The lowest BCUT2D eigenvalue weighted by Gasteiger charge is -2.26. The number of nitrogens with one attached hydrogen (secondary N) is 1. The predicted molar refractivity (Wildman–Crippen MR) is 146 cm³/mol. The number of aliphatic hydroxyl groups excluding tert-OH is 1. The minimum atomic E-state index is -0.336. The second-order valence-corrected chi connectivity index (χ2v) is 10.3. The molecule has 2 N–H and O–H groups in total. The van der Waals surface area contributed by atoms with Gasteiger partial charge in [-0.05, 0) is 123 Å². The smallest absolute Gasteiger partial charge is 0.251 e. The highest BCUT2D eigenvalue weighted by Gasteiger charge is 2.23. The molecule has 0 fully saturated rings. The molecule has 1 heterocycles. The Kier molecular flexibility index (Phi) is 7.79. The summed E-state index contributed by atoms with van der Waals surface area (Å²) >= 11 is 0. The molecule has 0 aliphatic heterocycles. The van der Waals surface area contributed by atoms with Crippen molar-refractivity contribution in [2.75, 3.05) is 0 Å². The highest BCUT2D eigenvalue weighted by Crippen LogP contribution is 2.31. The van der Waals surface area contributed by atoms with E-state index in [0.717, 1.165) is 83.8 Å². The maximum atomic E-state index is 13.7. The minimum Gasteiger partial charge on any atom is -0.393 e. The topological polar surface area (TPSA) is 62.2 Å². The second kappa shape index (κ2) is 11.4. The number of hydrogen-bond acceptors (Lipinski definition) is 3. The highest BCUT2D eigenvalue weighted by atomic mass is 19.1. The molecule has 196 valence electrons. The van der Waals surface area contributed by atoms with Crippen LogP contribution in [0, 0.1) is 11.6 Å². The normalized spacial score (nSPS) is 15.7. The Balaban J connectivity index is 1.43. The number of aliphatic hydroxyl groups is 1. The third-order valence-electron chi connectivity index (χ3n) is 7.32. The first-order valence-electron chi connectivity index (χ1n) is 13.3. The zero-order chi connectivity index (χ0) is 26.6. The molecule has 1 aromatic heterocycles. The van der Waals surface area contributed by atoms with E-state index in [9.17, 15) is 18.7 Å². The van der Waals surface area contributed by atoms with Gasteiger partial charge < -0.3 is 10.4 Å². The van der Waals surface area contributed by atoms with Crippen molar-refractivity contribution in [1.82, 2.24) is 10.3 Å². The van der Waals surface area contributed by atoms with Crippen LogP contribution in [-0.2, 0) is 12.8 Å². The minimum absolute atomic E-state index is 0.147. The average molecular weight is 515 g/mol. The lowest BCUT2D eigenvalue weighted by atomic mass is 9.87.